The lowest BCUT2D eigenvalue weighted by molar-refractivity contribution is 0.142. The van der Waals surface area contributed by atoms with Gasteiger partial charge in [-0.2, -0.15) is 0 Å². The van der Waals surface area contributed by atoms with Gasteiger partial charge in [-0.1, -0.05) is 117 Å². The van der Waals surface area contributed by atoms with Gasteiger partial charge in [0.25, 0.3) is 0 Å². The van der Waals surface area contributed by atoms with Crippen molar-refractivity contribution in [1.82, 2.24) is 10.2 Å². The molecule has 0 aliphatic rings. The number of hydrogen-bond donors (Lipinski definition) is 1. The maximum absolute atomic E-state index is 11.6. The van der Waals surface area contributed by atoms with E-state index in [4.69, 9.17) is 4.74 Å². The predicted molar refractivity (Wildman–Crippen MR) is 127 cm³/mol. The average molecular weight is 413 g/mol. The summed E-state index contributed by atoms with van der Waals surface area (Å²) in [5.41, 5.74) is 0. The second kappa shape index (κ2) is 23.5. The minimum Gasteiger partial charge on any atom is -0.450 e. The summed E-state index contributed by atoms with van der Waals surface area (Å²) in [5, 5.41) is 2.83. The number of carbonyl (C=O) groups excluding carboxylic acids is 1. The van der Waals surface area contributed by atoms with Crippen molar-refractivity contribution in [3.05, 3.63) is 0 Å². The van der Waals surface area contributed by atoms with Crippen LogP contribution in [0, 0.1) is 0 Å². The Morgan fingerprint density at radius 2 is 1.07 bits per heavy atom. The van der Waals surface area contributed by atoms with Gasteiger partial charge in [-0.05, 0) is 19.5 Å². The fourth-order valence-corrected chi connectivity index (χ4v) is 3.72. The molecule has 1 N–H and O–H groups in total. The van der Waals surface area contributed by atoms with Gasteiger partial charge >= 0.3 is 6.09 Å². The summed E-state index contributed by atoms with van der Waals surface area (Å²) in [6, 6.07) is 0. The smallest absolute Gasteiger partial charge is 0.407 e. The van der Waals surface area contributed by atoms with Gasteiger partial charge in [-0.25, -0.2) is 4.79 Å². The Labute approximate surface area is 182 Å². The molecule has 1 amide bonds. The van der Waals surface area contributed by atoms with Gasteiger partial charge in [0.15, 0.2) is 0 Å². The van der Waals surface area contributed by atoms with Crippen molar-refractivity contribution >= 4 is 6.09 Å². The molecule has 0 heterocycles. The van der Waals surface area contributed by atoms with Gasteiger partial charge in [0, 0.05) is 13.1 Å². The standard InChI is InChI=1S/C25H52N2O2/c1-4-7-8-9-10-11-12-13-14-15-16-17-18-19-20-21-24-29-25(28)26-22-23-27(5-2)6-3/h4-24H2,1-3H3,(H,26,28). The number of hydrogen-bond acceptors (Lipinski definition) is 3. The number of nitrogens with zero attached hydrogens (tertiary/aromatic N) is 1. The first kappa shape index (κ1) is 28.2. The molecule has 0 unspecified atom stereocenters. The number of amides is 1. The molecule has 29 heavy (non-hydrogen) atoms. The van der Waals surface area contributed by atoms with Crippen LogP contribution in [0.4, 0.5) is 4.79 Å². The first-order chi connectivity index (χ1) is 14.2. The van der Waals surface area contributed by atoms with Crippen LogP contribution in [0.25, 0.3) is 0 Å². The van der Waals surface area contributed by atoms with E-state index in [0.717, 1.165) is 26.1 Å². The molecular formula is C25H52N2O2. The first-order valence-corrected chi connectivity index (χ1v) is 12.9. The van der Waals surface area contributed by atoms with Crippen molar-refractivity contribution < 1.29 is 9.53 Å². The summed E-state index contributed by atoms with van der Waals surface area (Å²) in [7, 11) is 0. The monoisotopic (exact) mass is 412 g/mol. The van der Waals surface area contributed by atoms with Crippen LogP contribution in [0.5, 0.6) is 0 Å². The Kier molecular flexibility index (Phi) is 22.9. The Hall–Kier alpha value is -0.770. The van der Waals surface area contributed by atoms with Gasteiger partial charge in [0.05, 0.1) is 6.61 Å². The number of carbonyl (C=O) groups is 1. The summed E-state index contributed by atoms with van der Waals surface area (Å²) in [6.45, 7) is 10.7. The molecule has 174 valence electrons. The van der Waals surface area contributed by atoms with Gasteiger partial charge in [0.2, 0.25) is 0 Å². The highest BCUT2D eigenvalue weighted by atomic mass is 16.5. The third kappa shape index (κ3) is 21.8. The molecule has 4 heteroatoms. The van der Waals surface area contributed by atoms with Crippen molar-refractivity contribution in [3.8, 4) is 0 Å². The predicted octanol–water partition coefficient (Wildman–Crippen LogP) is 7.32. The number of ether oxygens (including phenoxy) is 1. The normalized spacial score (nSPS) is 11.2. The van der Waals surface area contributed by atoms with Gasteiger partial charge in [0.1, 0.15) is 0 Å². The van der Waals surface area contributed by atoms with Crippen molar-refractivity contribution in [1.29, 1.82) is 0 Å². The summed E-state index contributed by atoms with van der Waals surface area (Å²) in [4.78, 5) is 13.9. The van der Waals surface area contributed by atoms with E-state index in [2.05, 4.69) is 31.0 Å². The van der Waals surface area contributed by atoms with Crippen molar-refractivity contribution in [2.75, 3.05) is 32.8 Å². The minimum atomic E-state index is -0.266. The van der Waals surface area contributed by atoms with Crippen LogP contribution in [0.3, 0.4) is 0 Å². The minimum absolute atomic E-state index is 0.266. The highest BCUT2D eigenvalue weighted by Crippen LogP contribution is 2.13. The van der Waals surface area contributed by atoms with Gasteiger partial charge in [-0.15, -0.1) is 0 Å². The Bertz CT molecular complexity index is 333. The summed E-state index contributed by atoms with van der Waals surface area (Å²) >= 11 is 0. The molecule has 0 aromatic rings. The second-order valence-electron chi connectivity index (χ2n) is 8.39. The van der Waals surface area contributed by atoms with E-state index in [9.17, 15) is 4.79 Å². The van der Waals surface area contributed by atoms with Crippen LogP contribution >= 0.6 is 0 Å². The lowest BCUT2D eigenvalue weighted by Gasteiger charge is -2.17. The van der Waals surface area contributed by atoms with E-state index in [1.165, 1.54) is 96.3 Å². The fraction of sp³-hybridized carbons (Fsp3) is 0.960. The van der Waals surface area contributed by atoms with E-state index in [0.29, 0.717) is 13.2 Å². The maximum atomic E-state index is 11.6. The van der Waals surface area contributed by atoms with E-state index in [-0.39, 0.29) is 6.09 Å². The zero-order valence-corrected chi connectivity index (χ0v) is 20.1. The topological polar surface area (TPSA) is 41.6 Å². The molecule has 0 aliphatic heterocycles. The van der Waals surface area contributed by atoms with Crippen molar-refractivity contribution in [2.24, 2.45) is 0 Å². The largest absolute Gasteiger partial charge is 0.450 e. The highest BCUT2D eigenvalue weighted by molar-refractivity contribution is 5.67. The molecule has 0 spiro atoms. The zero-order chi connectivity index (χ0) is 21.4. The van der Waals surface area contributed by atoms with E-state index in [1.54, 1.807) is 0 Å². The van der Waals surface area contributed by atoms with E-state index in [1.807, 2.05) is 0 Å². The summed E-state index contributed by atoms with van der Waals surface area (Å²) in [6.07, 6.45) is 21.5. The number of rotatable bonds is 22. The molecular weight excluding hydrogens is 360 g/mol. The van der Waals surface area contributed by atoms with Crippen LogP contribution < -0.4 is 5.32 Å². The number of unbranched alkanes of at least 4 members (excludes halogenated alkanes) is 15. The van der Waals surface area contributed by atoms with Crippen LogP contribution in [-0.4, -0.2) is 43.8 Å². The third-order valence-electron chi connectivity index (χ3n) is 5.82. The molecule has 0 fully saturated rings. The molecule has 0 rings (SSSR count). The molecule has 4 nitrogen and oxygen atoms in total. The highest BCUT2D eigenvalue weighted by Gasteiger charge is 2.03. The Balaban J connectivity index is 3.17. The van der Waals surface area contributed by atoms with E-state index < -0.39 is 0 Å². The average Bonchev–Trinajstić information content (AvgIpc) is 2.73. The molecule has 0 bridgehead atoms. The molecule has 0 saturated carbocycles. The first-order valence-electron chi connectivity index (χ1n) is 12.9. The van der Waals surface area contributed by atoms with Crippen LogP contribution in [-0.2, 0) is 4.74 Å². The maximum Gasteiger partial charge on any atom is 0.407 e. The Morgan fingerprint density at radius 3 is 1.48 bits per heavy atom. The van der Waals surface area contributed by atoms with Crippen LogP contribution in [0.1, 0.15) is 124 Å². The van der Waals surface area contributed by atoms with E-state index >= 15 is 0 Å². The molecule has 0 atom stereocenters. The van der Waals surface area contributed by atoms with Crippen molar-refractivity contribution in [2.45, 2.75) is 124 Å². The summed E-state index contributed by atoms with van der Waals surface area (Å²) < 4.78 is 5.24. The van der Waals surface area contributed by atoms with Gasteiger partial charge < -0.3 is 15.0 Å². The molecule has 0 saturated heterocycles. The molecule has 0 aromatic carbocycles. The molecule has 0 aromatic heterocycles. The van der Waals surface area contributed by atoms with Crippen LogP contribution in [0.2, 0.25) is 0 Å². The van der Waals surface area contributed by atoms with Crippen molar-refractivity contribution in [3.63, 3.8) is 0 Å². The fourth-order valence-electron chi connectivity index (χ4n) is 3.72. The quantitative estimate of drug-likeness (QED) is 0.189. The number of nitrogens with one attached hydrogen (secondary N) is 1. The second-order valence-corrected chi connectivity index (χ2v) is 8.39. The summed E-state index contributed by atoms with van der Waals surface area (Å²) in [5.74, 6) is 0. The number of alkyl carbamates (subject to hydrolysis) is 1. The number of likely N-dealkylation sites (N-methyl/N-ethyl adjacent to an activating group) is 1. The zero-order valence-electron chi connectivity index (χ0n) is 20.1. The van der Waals surface area contributed by atoms with Gasteiger partial charge in [-0.3, -0.25) is 0 Å². The molecule has 0 radical (unpaired) electrons. The lowest BCUT2D eigenvalue weighted by Crippen LogP contribution is -2.35. The van der Waals surface area contributed by atoms with Crippen LogP contribution in [0.15, 0.2) is 0 Å². The Morgan fingerprint density at radius 1 is 0.655 bits per heavy atom. The SMILES string of the molecule is CCCCCCCCCCCCCCCCCCOC(=O)NCCN(CC)CC. The lowest BCUT2D eigenvalue weighted by atomic mass is 10.0. The molecule has 0 aliphatic carbocycles. The third-order valence-corrected chi connectivity index (χ3v) is 5.82.